The average molecular weight is 300 g/mol. The number of aryl methyl sites for hydroxylation is 1. The third-order valence-corrected chi connectivity index (χ3v) is 3.33. The molecule has 1 aromatic heterocycles. The van der Waals surface area contributed by atoms with Crippen molar-refractivity contribution < 1.29 is 4.52 Å². The van der Waals surface area contributed by atoms with Gasteiger partial charge in [0.25, 0.3) is 0 Å². The highest BCUT2D eigenvalue weighted by molar-refractivity contribution is 5.80. The van der Waals surface area contributed by atoms with Crippen molar-refractivity contribution in [3.63, 3.8) is 0 Å². The van der Waals surface area contributed by atoms with E-state index < -0.39 is 0 Å². The minimum absolute atomic E-state index is 0.343. The topological polar surface area (TPSA) is 62.5 Å². The number of nitrogens with zero attached hydrogens (tertiary/aromatic N) is 2. The third kappa shape index (κ3) is 5.60. The van der Waals surface area contributed by atoms with Gasteiger partial charge in [-0.05, 0) is 32.3 Å². The van der Waals surface area contributed by atoms with Crippen molar-refractivity contribution in [2.24, 2.45) is 4.99 Å². The monoisotopic (exact) mass is 300 g/mol. The Morgan fingerprint density at radius 1 is 1.27 bits per heavy atom. The lowest BCUT2D eigenvalue weighted by molar-refractivity contribution is 0.412. The lowest BCUT2D eigenvalue weighted by Gasteiger charge is -2.17. The Hall–Kier alpha value is -2.30. The van der Waals surface area contributed by atoms with E-state index in [0.29, 0.717) is 12.6 Å². The minimum atomic E-state index is 0.343. The molecule has 2 rings (SSSR count). The second-order valence-electron chi connectivity index (χ2n) is 5.26. The van der Waals surface area contributed by atoms with Crippen molar-refractivity contribution in [1.82, 2.24) is 15.8 Å². The first-order valence-corrected chi connectivity index (χ1v) is 7.76. The van der Waals surface area contributed by atoms with Crippen LogP contribution in [0.15, 0.2) is 52.2 Å². The van der Waals surface area contributed by atoms with E-state index in [1.165, 1.54) is 5.56 Å². The van der Waals surface area contributed by atoms with Gasteiger partial charge in [0.2, 0.25) is 0 Å². The van der Waals surface area contributed by atoms with Crippen LogP contribution in [0.5, 0.6) is 0 Å². The predicted molar refractivity (Wildman–Crippen MR) is 88.7 cm³/mol. The van der Waals surface area contributed by atoms with E-state index >= 15 is 0 Å². The molecular weight excluding hydrogens is 276 g/mol. The normalized spacial score (nSPS) is 12.9. The molecule has 0 saturated heterocycles. The van der Waals surface area contributed by atoms with Crippen molar-refractivity contribution in [1.29, 1.82) is 0 Å². The summed E-state index contributed by atoms with van der Waals surface area (Å²) in [5, 5.41) is 10.6. The zero-order chi connectivity index (χ0) is 15.6. The van der Waals surface area contributed by atoms with Crippen LogP contribution in [-0.4, -0.2) is 23.7 Å². The van der Waals surface area contributed by atoms with Crippen LogP contribution < -0.4 is 10.6 Å². The van der Waals surface area contributed by atoms with Crippen LogP contribution >= 0.6 is 0 Å². The molecule has 5 heteroatoms. The van der Waals surface area contributed by atoms with Gasteiger partial charge in [0.1, 0.15) is 12.0 Å². The summed E-state index contributed by atoms with van der Waals surface area (Å²) in [6, 6.07) is 12.7. The third-order valence-electron chi connectivity index (χ3n) is 3.33. The Labute approximate surface area is 131 Å². The Balaban J connectivity index is 1.82. The highest BCUT2D eigenvalue weighted by atomic mass is 16.5. The number of aromatic nitrogens is 1. The average Bonchev–Trinajstić information content (AvgIpc) is 3.05. The molecule has 0 aliphatic carbocycles. The molecule has 5 nitrogen and oxygen atoms in total. The lowest BCUT2D eigenvalue weighted by Crippen LogP contribution is -2.42. The van der Waals surface area contributed by atoms with E-state index in [0.717, 1.165) is 31.0 Å². The fourth-order valence-electron chi connectivity index (χ4n) is 2.13. The predicted octanol–water partition coefficient (Wildman–Crippen LogP) is 2.75. The zero-order valence-corrected chi connectivity index (χ0v) is 13.2. The van der Waals surface area contributed by atoms with Gasteiger partial charge in [-0.3, -0.25) is 0 Å². The van der Waals surface area contributed by atoms with Gasteiger partial charge in [0.05, 0.1) is 6.54 Å². The summed E-state index contributed by atoms with van der Waals surface area (Å²) in [6.45, 7) is 5.57. The summed E-state index contributed by atoms with van der Waals surface area (Å²) in [5.41, 5.74) is 2.19. The molecule has 1 unspecified atom stereocenters. The SMILES string of the molecule is CCNC(=NCc1ccon1)NC(C)CCc1ccccc1. The van der Waals surface area contributed by atoms with Gasteiger partial charge in [-0.1, -0.05) is 35.5 Å². The molecule has 0 aliphatic rings. The molecule has 0 saturated carbocycles. The number of hydrogen-bond donors (Lipinski definition) is 2. The smallest absolute Gasteiger partial charge is 0.191 e. The Kier molecular flexibility index (Phi) is 6.48. The lowest BCUT2D eigenvalue weighted by atomic mass is 10.1. The van der Waals surface area contributed by atoms with Gasteiger partial charge in [-0.15, -0.1) is 0 Å². The maximum absolute atomic E-state index is 4.82. The number of nitrogens with one attached hydrogen (secondary N) is 2. The van der Waals surface area contributed by atoms with E-state index in [1.54, 1.807) is 6.26 Å². The van der Waals surface area contributed by atoms with Gasteiger partial charge in [-0.2, -0.15) is 0 Å². The zero-order valence-electron chi connectivity index (χ0n) is 13.2. The molecule has 0 bridgehead atoms. The molecule has 0 fully saturated rings. The number of benzene rings is 1. The Morgan fingerprint density at radius 2 is 2.09 bits per heavy atom. The quantitative estimate of drug-likeness (QED) is 0.609. The minimum Gasteiger partial charge on any atom is -0.364 e. The maximum Gasteiger partial charge on any atom is 0.191 e. The molecule has 1 atom stereocenters. The van der Waals surface area contributed by atoms with Gasteiger partial charge >= 0.3 is 0 Å². The van der Waals surface area contributed by atoms with Crippen LogP contribution in [0.25, 0.3) is 0 Å². The van der Waals surface area contributed by atoms with E-state index in [1.807, 2.05) is 12.1 Å². The van der Waals surface area contributed by atoms with Crippen LogP contribution in [0.2, 0.25) is 0 Å². The van der Waals surface area contributed by atoms with Crippen LogP contribution in [-0.2, 0) is 13.0 Å². The molecule has 2 aromatic rings. The molecule has 1 heterocycles. The van der Waals surface area contributed by atoms with Gasteiger partial charge in [0.15, 0.2) is 5.96 Å². The molecule has 2 N–H and O–H groups in total. The second-order valence-corrected chi connectivity index (χ2v) is 5.26. The summed E-state index contributed by atoms with van der Waals surface area (Å²) in [5.74, 6) is 0.811. The van der Waals surface area contributed by atoms with Crippen LogP contribution in [0, 0.1) is 0 Å². The first-order valence-electron chi connectivity index (χ1n) is 7.76. The van der Waals surface area contributed by atoms with E-state index in [4.69, 9.17) is 4.52 Å². The van der Waals surface area contributed by atoms with E-state index in [-0.39, 0.29) is 0 Å². The van der Waals surface area contributed by atoms with Crippen LogP contribution in [0.1, 0.15) is 31.5 Å². The fourth-order valence-corrected chi connectivity index (χ4v) is 2.13. The number of hydrogen-bond acceptors (Lipinski definition) is 3. The molecule has 118 valence electrons. The van der Waals surface area contributed by atoms with E-state index in [2.05, 4.69) is 58.9 Å². The number of guanidine groups is 1. The summed E-state index contributed by atoms with van der Waals surface area (Å²) in [4.78, 5) is 4.52. The summed E-state index contributed by atoms with van der Waals surface area (Å²) in [7, 11) is 0. The van der Waals surface area contributed by atoms with Crippen molar-refractivity contribution in [2.45, 2.75) is 39.3 Å². The first-order chi connectivity index (χ1) is 10.8. The van der Waals surface area contributed by atoms with E-state index in [9.17, 15) is 0 Å². The maximum atomic E-state index is 4.82. The number of aliphatic imine (C=N–C) groups is 1. The standard InChI is InChI=1S/C17H24N4O/c1-3-18-17(19-13-16-11-12-22-21-16)20-14(2)9-10-15-7-5-4-6-8-15/h4-8,11-12,14H,3,9-10,13H2,1-2H3,(H2,18,19,20). The summed E-state index contributed by atoms with van der Waals surface area (Å²) >= 11 is 0. The van der Waals surface area contributed by atoms with Crippen molar-refractivity contribution in [2.75, 3.05) is 6.54 Å². The van der Waals surface area contributed by atoms with Gasteiger partial charge < -0.3 is 15.2 Å². The molecule has 0 radical (unpaired) electrons. The van der Waals surface area contributed by atoms with Crippen molar-refractivity contribution in [3.05, 3.63) is 53.9 Å². The van der Waals surface area contributed by atoms with Crippen LogP contribution in [0.4, 0.5) is 0 Å². The van der Waals surface area contributed by atoms with Gasteiger partial charge in [-0.25, -0.2) is 4.99 Å². The van der Waals surface area contributed by atoms with Crippen LogP contribution in [0.3, 0.4) is 0 Å². The highest BCUT2D eigenvalue weighted by Crippen LogP contribution is 2.05. The molecule has 0 amide bonds. The Morgan fingerprint density at radius 3 is 2.77 bits per heavy atom. The molecule has 22 heavy (non-hydrogen) atoms. The molecular formula is C17H24N4O. The fraction of sp³-hybridized carbons (Fsp3) is 0.412. The molecule has 1 aromatic carbocycles. The van der Waals surface area contributed by atoms with Crippen molar-refractivity contribution in [3.8, 4) is 0 Å². The van der Waals surface area contributed by atoms with Gasteiger partial charge in [0, 0.05) is 18.7 Å². The molecule has 0 aliphatic heterocycles. The summed E-state index contributed by atoms with van der Waals surface area (Å²) in [6.07, 6.45) is 3.67. The largest absolute Gasteiger partial charge is 0.364 e. The molecule has 0 spiro atoms. The highest BCUT2D eigenvalue weighted by Gasteiger charge is 2.06. The summed E-state index contributed by atoms with van der Waals surface area (Å²) < 4.78 is 4.82. The first kappa shape index (κ1) is 16.1. The number of rotatable bonds is 7. The Bertz CT molecular complexity index is 551. The second kappa shape index (κ2) is 8.87. The van der Waals surface area contributed by atoms with Crippen molar-refractivity contribution >= 4 is 5.96 Å².